The van der Waals surface area contributed by atoms with E-state index in [0.29, 0.717) is 31.5 Å². The fraction of sp³-hybridized carbons (Fsp3) is 0.444. The number of thioether (sulfide) groups is 1. The van der Waals surface area contributed by atoms with Crippen LogP contribution in [0.3, 0.4) is 0 Å². The van der Waals surface area contributed by atoms with Crippen LogP contribution in [0.1, 0.15) is 23.2 Å². The third-order valence-electron chi connectivity index (χ3n) is 4.95. The Hall–Kier alpha value is -1.84. The molecule has 27 heavy (non-hydrogen) atoms. The van der Waals surface area contributed by atoms with Gasteiger partial charge in [0.1, 0.15) is 0 Å². The van der Waals surface area contributed by atoms with Gasteiger partial charge in [-0.25, -0.2) is 17.7 Å². The Kier molecular flexibility index (Phi) is 5.92. The molecular formula is C18H24N4O3S2. The van der Waals surface area contributed by atoms with E-state index in [1.54, 1.807) is 29.9 Å². The van der Waals surface area contributed by atoms with Crippen LogP contribution < -0.4 is 0 Å². The zero-order chi connectivity index (χ0) is 19.6. The number of nitrogens with zero attached hydrogens (tertiary/aromatic N) is 4. The van der Waals surface area contributed by atoms with Crippen molar-refractivity contribution in [1.29, 1.82) is 0 Å². The summed E-state index contributed by atoms with van der Waals surface area (Å²) in [6.45, 7) is 1.10. The highest BCUT2D eigenvalue weighted by Gasteiger charge is 2.29. The summed E-state index contributed by atoms with van der Waals surface area (Å²) in [4.78, 5) is 19.0. The summed E-state index contributed by atoms with van der Waals surface area (Å²) >= 11 is 1.55. The van der Waals surface area contributed by atoms with Crippen molar-refractivity contribution in [2.24, 2.45) is 0 Å². The van der Waals surface area contributed by atoms with Crippen molar-refractivity contribution < 1.29 is 13.2 Å². The Labute approximate surface area is 164 Å². The second-order valence-corrected chi connectivity index (χ2v) is 9.45. The number of likely N-dealkylation sites (tertiary alicyclic amines) is 1. The van der Waals surface area contributed by atoms with Crippen LogP contribution in [-0.4, -0.2) is 71.8 Å². The quantitative estimate of drug-likeness (QED) is 0.708. The maximum absolute atomic E-state index is 12.9. The molecular weight excluding hydrogens is 384 g/mol. The molecule has 1 aromatic carbocycles. The molecule has 1 fully saturated rings. The minimum absolute atomic E-state index is 0.0249. The molecule has 0 unspecified atom stereocenters. The molecule has 0 bridgehead atoms. The van der Waals surface area contributed by atoms with E-state index in [9.17, 15) is 13.2 Å². The first-order valence-electron chi connectivity index (χ1n) is 8.71. The highest BCUT2D eigenvalue weighted by molar-refractivity contribution is 7.98. The lowest BCUT2D eigenvalue weighted by atomic mass is 10.0. The van der Waals surface area contributed by atoms with Gasteiger partial charge in [0.25, 0.3) is 5.91 Å². The Balaban J connectivity index is 1.72. The number of carbonyl (C=O) groups excluding carboxylic acids is 1. The van der Waals surface area contributed by atoms with Crippen LogP contribution in [-0.2, 0) is 10.0 Å². The first-order chi connectivity index (χ1) is 12.8. The smallest absolute Gasteiger partial charge is 0.253 e. The van der Waals surface area contributed by atoms with Crippen LogP contribution >= 0.6 is 11.8 Å². The molecule has 3 rings (SSSR count). The molecule has 1 aromatic heterocycles. The minimum Gasteiger partial charge on any atom is -0.339 e. The maximum atomic E-state index is 12.9. The average molecular weight is 409 g/mol. The second-order valence-electron chi connectivity index (χ2n) is 6.64. The number of carbonyl (C=O) groups is 1. The molecule has 146 valence electrons. The molecule has 1 aliphatic rings. The van der Waals surface area contributed by atoms with Gasteiger partial charge in [0, 0.05) is 49.8 Å². The first kappa shape index (κ1) is 19.9. The number of sulfonamides is 1. The minimum atomic E-state index is -3.21. The molecule has 0 N–H and O–H groups in total. The SMILES string of the molecule is CSc1nccn1-c1cccc(C(=O)N2CCC(N(C)S(C)(=O)=O)CC2)c1. The number of hydrogen-bond donors (Lipinski definition) is 0. The van der Waals surface area contributed by atoms with Gasteiger partial charge >= 0.3 is 0 Å². The average Bonchev–Trinajstić information content (AvgIpc) is 3.15. The molecule has 0 atom stereocenters. The highest BCUT2D eigenvalue weighted by Crippen LogP contribution is 2.22. The van der Waals surface area contributed by atoms with E-state index in [0.717, 1.165) is 10.8 Å². The van der Waals surface area contributed by atoms with Gasteiger partial charge < -0.3 is 4.90 Å². The van der Waals surface area contributed by atoms with Crippen LogP contribution in [0.25, 0.3) is 5.69 Å². The monoisotopic (exact) mass is 408 g/mol. The highest BCUT2D eigenvalue weighted by atomic mass is 32.2. The zero-order valence-corrected chi connectivity index (χ0v) is 17.3. The van der Waals surface area contributed by atoms with E-state index in [-0.39, 0.29) is 11.9 Å². The molecule has 1 aliphatic heterocycles. The normalized spacial score (nSPS) is 16.1. The van der Waals surface area contributed by atoms with Crippen LogP contribution in [0.2, 0.25) is 0 Å². The Morgan fingerprint density at radius 3 is 2.63 bits per heavy atom. The van der Waals surface area contributed by atoms with E-state index in [2.05, 4.69) is 4.98 Å². The molecule has 0 aliphatic carbocycles. The third kappa shape index (κ3) is 4.36. The number of hydrogen-bond acceptors (Lipinski definition) is 5. The molecule has 7 nitrogen and oxygen atoms in total. The summed E-state index contributed by atoms with van der Waals surface area (Å²) in [5.41, 5.74) is 1.53. The van der Waals surface area contributed by atoms with Crippen LogP contribution in [0.5, 0.6) is 0 Å². The number of benzene rings is 1. The summed E-state index contributed by atoms with van der Waals surface area (Å²) in [7, 11) is -1.60. The summed E-state index contributed by atoms with van der Waals surface area (Å²) in [5.74, 6) is -0.0249. The lowest BCUT2D eigenvalue weighted by Crippen LogP contribution is -2.47. The standard InChI is InChI=1S/C18H24N4O3S2/c1-20(27(3,24)25)15-7-10-21(11-8-15)17(23)14-5-4-6-16(13-14)22-12-9-19-18(22)26-2/h4-6,9,12-13,15H,7-8,10-11H2,1-3H3. The van der Waals surface area contributed by atoms with Crippen molar-refractivity contribution in [2.75, 3.05) is 32.6 Å². The molecule has 2 aromatic rings. The van der Waals surface area contributed by atoms with Gasteiger partial charge in [-0.2, -0.15) is 0 Å². The lowest BCUT2D eigenvalue weighted by molar-refractivity contribution is 0.0686. The van der Waals surface area contributed by atoms with Crippen molar-refractivity contribution >= 4 is 27.7 Å². The van der Waals surface area contributed by atoms with Crippen LogP contribution in [0.4, 0.5) is 0 Å². The predicted octanol–water partition coefficient (Wildman–Crippen LogP) is 2.09. The summed E-state index contributed by atoms with van der Waals surface area (Å²) in [6, 6.07) is 7.46. The maximum Gasteiger partial charge on any atom is 0.253 e. The number of aromatic nitrogens is 2. The lowest BCUT2D eigenvalue weighted by Gasteiger charge is -2.35. The Morgan fingerprint density at radius 2 is 2.00 bits per heavy atom. The van der Waals surface area contributed by atoms with E-state index in [4.69, 9.17) is 0 Å². The van der Waals surface area contributed by atoms with Gasteiger partial charge in [0.15, 0.2) is 5.16 Å². The molecule has 2 heterocycles. The van der Waals surface area contributed by atoms with E-state index in [1.807, 2.05) is 41.3 Å². The van der Waals surface area contributed by atoms with Crippen molar-refractivity contribution in [2.45, 2.75) is 24.0 Å². The largest absolute Gasteiger partial charge is 0.339 e. The van der Waals surface area contributed by atoms with E-state index < -0.39 is 10.0 Å². The molecule has 1 amide bonds. The van der Waals surface area contributed by atoms with Gasteiger partial charge in [-0.3, -0.25) is 9.36 Å². The summed E-state index contributed by atoms with van der Waals surface area (Å²) < 4.78 is 26.8. The van der Waals surface area contributed by atoms with E-state index in [1.165, 1.54) is 10.6 Å². The second kappa shape index (κ2) is 8.04. The van der Waals surface area contributed by atoms with Gasteiger partial charge in [0.05, 0.1) is 6.26 Å². The van der Waals surface area contributed by atoms with Gasteiger partial charge in [-0.15, -0.1) is 0 Å². The first-order valence-corrected chi connectivity index (χ1v) is 11.8. The summed E-state index contributed by atoms with van der Waals surface area (Å²) in [5, 5.41) is 0.865. The Morgan fingerprint density at radius 1 is 1.30 bits per heavy atom. The fourth-order valence-corrected chi connectivity index (χ4v) is 4.59. The molecule has 1 saturated heterocycles. The molecule has 0 saturated carbocycles. The van der Waals surface area contributed by atoms with Crippen molar-refractivity contribution in [3.05, 3.63) is 42.2 Å². The molecule has 9 heteroatoms. The third-order valence-corrected chi connectivity index (χ3v) is 6.96. The predicted molar refractivity (Wildman–Crippen MR) is 107 cm³/mol. The topological polar surface area (TPSA) is 75.5 Å². The van der Waals surface area contributed by atoms with Gasteiger partial charge in [-0.1, -0.05) is 17.8 Å². The van der Waals surface area contributed by atoms with Crippen molar-refractivity contribution in [3.8, 4) is 5.69 Å². The van der Waals surface area contributed by atoms with Crippen molar-refractivity contribution in [1.82, 2.24) is 18.8 Å². The van der Waals surface area contributed by atoms with E-state index >= 15 is 0 Å². The number of rotatable bonds is 5. The Bertz CT molecular complexity index is 918. The fourth-order valence-electron chi connectivity index (χ4n) is 3.31. The van der Waals surface area contributed by atoms with Crippen LogP contribution in [0, 0.1) is 0 Å². The number of imidazole rings is 1. The van der Waals surface area contributed by atoms with Crippen molar-refractivity contribution in [3.63, 3.8) is 0 Å². The summed E-state index contributed by atoms with van der Waals surface area (Å²) in [6.07, 6.45) is 8.09. The number of piperidine rings is 1. The van der Waals surface area contributed by atoms with Gasteiger partial charge in [0.2, 0.25) is 10.0 Å². The zero-order valence-electron chi connectivity index (χ0n) is 15.7. The van der Waals surface area contributed by atoms with Crippen LogP contribution in [0.15, 0.2) is 41.8 Å². The van der Waals surface area contributed by atoms with Gasteiger partial charge in [-0.05, 0) is 37.3 Å². The molecule has 0 radical (unpaired) electrons. The number of amides is 1. The molecule has 0 spiro atoms.